The topological polar surface area (TPSA) is 59.4 Å². The van der Waals surface area contributed by atoms with Crippen LogP contribution in [0.25, 0.3) is 5.69 Å². The third kappa shape index (κ3) is 3.97. The molecule has 0 amide bonds. The zero-order chi connectivity index (χ0) is 16.4. The van der Waals surface area contributed by atoms with Gasteiger partial charge in [-0.25, -0.2) is 9.67 Å². The average molecular weight is 469 g/mol. The molecule has 2 aliphatic rings. The summed E-state index contributed by atoms with van der Waals surface area (Å²) >= 11 is 1.98. The SMILES string of the molecule is I.NC(=NCc1nn(-c2ccccc2)c2c1CCC2)N1CCSCC1. The van der Waals surface area contributed by atoms with Crippen molar-refractivity contribution in [2.45, 2.75) is 25.8 Å². The van der Waals surface area contributed by atoms with Gasteiger partial charge in [0.2, 0.25) is 0 Å². The van der Waals surface area contributed by atoms with Crippen LogP contribution in [0.3, 0.4) is 0 Å². The molecule has 4 rings (SSSR count). The van der Waals surface area contributed by atoms with Gasteiger partial charge in [-0.1, -0.05) is 18.2 Å². The molecular formula is C18H24IN5S. The zero-order valence-electron chi connectivity index (χ0n) is 14.2. The molecule has 134 valence electrons. The van der Waals surface area contributed by atoms with Crippen LogP contribution in [-0.4, -0.2) is 45.2 Å². The lowest BCUT2D eigenvalue weighted by atomic mass is 10.2. The zero-order valence-corrected chi connectivity index (χ0v) is 17.4. The molecular weight excluding hydrogens is 445 g/mol. The van der Waals surface area contributed by atoms with Gasteiger partial charge in [0.05, 0.1) is 17.9 Å². The number of fused-ring (bicyclic) bond motifs is 1. The number of nitrogens with two attached hydrogens (primary N) is 1. The largest absolute Gasteiger partial charge is 0.370 e. The molecule has 5 nitrogen and oxygen atoms in total. The minimum atomic E-state index is 0. The van der Waals surface area contributed by atoms with Gasteiger partial charge in [0.1, 0.15) is 0 Å². The summed E-state index contributed by atoms with van der Waals surface area (Å²) in [6, 6.07) is 10.4. The monoisotopic (exact) mass is 469 g/mol. The lowest BCUT2D eigenvalue weighted by molar-refractivity contribution is 0.455. The minimum absolute atomic E-state index is 0. The minimum Gasteiger partial charge on any atom is -0.370 e. The molecule has 0 unspecified atom stereocenters. The maximum atomic E-state index is 6.19. The van der Waals surface area contributed by atoms with Crippen LogP contribution in [0.1, 0.15) is 23.4 Å². The third-order valence-corrected chi connectivity index (χ3v) is 5.68. The number of aromatic nitrogens is 2. The molecule has 0 saturated carbocycles. The van der Waals surface area contributed by atoms with Gasteiger partial charge in [0.25, 0.3) is 0 Å². The fourth-order valence-electron chi connectivity index (χ4n) is 3.47. The molecule has 0 spiro atoms. The molecule has 1 aliphatic carbocycles. The summed E-state index contributed by atoms with van der Waals surface area (Å²) in [5.74, 6) is 2.93. The van der Waals surface area contributed by atoms with E-state index in [1.165, 1.54) is 17.7 Å². The van der Waals surface area contributed by atoms with E-state index in [9.17, 15) is 0 Å². The Kier molecular flexibility index (Phi) is 6.27. The van der Waals surface area contributed by atoms with Gasteiger partial charge in [-0.05, 0) is 37.0 Å². The summed E-state index contributed by atoms with van der Waals surface area (Å²) in [5, 5.41) is 4.85. The first-order chi connectivity index (χ1) is 11.8. The first-order valence-electron chi connectivity index (χ1n) is 8.60. The highest BCUT2D eigenvalue weighted by Crippen LogP contribution is 2.28. The highest BCUT2D eigenvalue weighted by Gasteiger charge is 2.23. The second-order valence-corrected chi connectivity index (χ2v) is 7.47. The third-order valence-electron chi connectivity index (χ3n) is 4.74. The van der Waals surface area contributed by atoms with Crippen LogP contribution < -0.4 is 5.73 Å². The Hall–Kier alpha value is -1.22. The predicted molar refractivity (Wildman–Crippen MR) is 115 cm³/mol. The number of thioether (sulfide) groups is 1. The van der Waals surface area contributed by atoms with Gasteiger partial charge in [-0.15, -0.1) is 24.0 Å². The normalized spacial score (nSPS) is 17.3. The van der Waals surface area contributed by atoms with Crippen LogP contribution in [0.5, 0.6) is 0 Å². The van der Waals surface area contributed by atoms with Crippen molar-refractivity contribution in [3.8, 4) is 5.69 Å². The lowest BCUT2D eigenvalue weighted by Crippen LogP contribution is -2.42. The van der Waals surface area contributed by atoms with Crippen molar-refractivity contribution in [1.29, 1.82) is 0 Å². The number of hydrogen-bond donors (Lipinski definition) is 1. The second-order valence-electron chi connectivity index (χ2n) is 6.25. The van der Waals surface area contributed by atoms with E-state index in [-0.39, 0.29) is 24.0 Å². The van der Waals surface area contributed by atoms with E-state index in [0.717, 1.165) is 48.8 Å². The molecule has 0 bridgehead atoms. The molecule has 7 heteroatoms. The van der Waals surface area contributed by atoms with Crippen LogP contribution >= 0.6 is 35.7 Å². The Morgan fingerprint density at radius 2 is 1.92 bits per heavy atom. The van der Waals surface area contributed by atoms with E-state index in [1.807, 2.05) is 17.8 Å². The Balaban J connectivity index is 0.00000182. The number of nitrogens with zero attached hydrogens (tertiary/aromatic N) is 4. The summed E-state index contributed by atoms with van der Waals surface area (Å²) in [7, 11) is 0. The maximum Gasteiger partial charge on any atom is 0.191 e. The van der Waals surface area contributed by atoms with Gasteiger partial charge in [0.15, 0.2) is 5.96 Å². The number of aliphatic imine (C=N–C) groups is 1. The molecule has 0 atom stereocenters. The van der Waals surface area contributed by atoms with Crippen LogP contribution in [-0.2, 0) is 19.4 Å². The number of halogens is 1. The first-order valence-corrected chi connectivity index (χ1v) is 9.76. The average Bonchev–Trinajstić information content (AvgIpc) is 3.24. The van der Waals surface area contributed by atoms with E-state index in [4.69, 9.17) is 10.8 Å². The summed E-state index contributed by atoms with van der Waals surface area (Å²) in [5.41, 5.74) is 11.1. The number of para-hydroxylation sites is 1. The van der Waals surface area contributed by atoms with Gasteiger partial charge in [-0.2, -0.15) is 16.9 Å². The van der Waals surface area contributed by atoms with E-state index in [0.29, 0.717) is 12.5 Å². The van der Waals surface area contributed by atoms with Crippen LogP contribution in [0.2, 0.25) is 0 Å². The lowest BCUT2D eigenvalue weighted by Gasteiger charge is -2.27. The first kappa shape index (κ1) is 18.6. The molecule has 1 fully saturated rings. The van der Waals surface area contributed by atoms with E-state index in [1.54, 1.807) is 0 Å². The van der Waals surface area contributed by atoms with Gasteiger partial charge < -0.3 is 10.6 Å². The Bertz CT molecular complexity index is 737. The highest BCUT2D eigenvalue weighted by molar-refractivity contribution is 14.0. The predicted octanol–water partition coefficient (Wildman–Crippen LogP) is 2.84. The van der Waals surface area contributed by atoms with E-state index in [2.05, 4.69) is 38.8 Å². The van der Waals surface area contributed by atoms with Gasteiger partial charge in [0, 0.05) is 30.3 Å². The van der Waals surface area contributed by atoms with Crippen LogP contribution in [0, 0.1) is 0 Å². The van der Waals surface area contributed by atoms with Crippen LogP contribution in [0.4, 0.5) is 0 Å². The van der Waals surface area contributed by atoms with Crippen molar-refractivity contribution >= 4 is 41.7 Å². The Morgan fingerprint density at radius 1 is 1.16 bits per heavy atom. The molecule has 1 aliphatic heterocycles. The number of rotatable bonds is 3. The van der Waals surface area contributed by atoms with Crippen molar-refractivity contribution in [1.82, 2.24) is 14.7 Å². The molecule has 25 heavy (non-hydrogen) atoms. The summed E-state index contributed by atoms with van der Waals surface area (Å²) in [6.45, 7) is 2.57. The van der Waals surface area contributed by atoms with Crippen molar-refractivity contribution in [2.24, 2.45) is 10.7 Å². The molecule has 1 saturated heterocycles. The molecule has 1 aromatic heterocycles. The maximum absolute atomic E-state index is 6.19. The van der Waals surface area contributed by atoms with Crippen molar-refractivity contribution < 1.29 is 0 Å². The molecule has 1 aromatic carbocycles. The van der Waals surface area contributed by atoms with Crippen LogP contribution in [0.15, 0.2) is 35.3 Å². The molecule has 2 aromatic rings. The fourth-order valence-corrected chi connectivity index (χ4v) is 4.38. The quantitative estimate of drug-likeness (QED) is 0.427. The fraction of sp³-hybridized carbons (Fsp3) is 0.444. The number of benzene rings is 1. The second kappa shape index (κ2) is 8.44. The Morgan fingerprint density at radius 3 is 2.68 bits per heavy atom. The van der Waals surface area contributed by atoms with E-state index >= 15 is 0 Å². The number of hydrogen-bond acceptors (Lipinski definition) is 3. The van der Waals surface area contributed by atoms with Crippen molar-refractivity contribution in [3.63, 3.8) is 0 Å². The molecule has 2 N–H and O–H groups in total. The highest BCUT2D eigenvalue weighted by atomic mass is 127. The van der Waals surface area contributed by atoms with E-state index < -0.39 is 0 Å². The molecule has 2 heterocycles. The summed E-state index contributed by atoms with van der Waals surface area (Å²) in [4.78, 5) is 6.82. The smallest absolute Gasteiger partial charge is 0.191 e. The molecule has 0 radical (unpaired) electrons. The van der Waals surface area contributed by atoms with Gasteiger partial charge in [-0.3, -0.25) is 0 Å². The van der Waals surface area contributed by atoms with Gasteiger partial charge >= 0.3 is 0 Å². The summed E-state index contributed by atoms with van der Waals surface area (Å²) in [6.07, 6.45) is 3.41. The summed E-state index contributed by atoms with van der Waals surface area (Å²) < 4.78 is 2.10. The van der Waals surface area contributed by atoms with Crippen molar-refractivity contribution in [2.75, 3.05) is 24.6 Å². The number of guanidine groups is 1. The Labute approximate surface area is 170 Å². The standard InChI is InChI=1S/C18H23N5S.HI/c19-18(22-9-11-24-12-10-22)20-13-16-15-7-4-8-17(15)23(21-16)14-5-2-1-3-6-14;/h1-3,5-6H,4,7-13H2,(H2,19,20);1H. The van der Waals surface area contributed by atoms with Crippen molar-refractivity contribution in [3.05, 3.63) is 47.3 Å².